The topological polar surface area (TPSA) is 38.9 Å². The molecule has 3 heteroatoms. The second kappa shape index (κ2) is 3.68. The molecule has 1 aromatic carbocycles. The van der Waals surface area contributed by atoms with Crippen molar-refractivity contribution in [2.24, 2.45) is 5.73 Å². The average molecular weight is 190 g/mol. The first kappa shape index (κ1) is 8.41. The van der Waals surface area contributed by atoms with E-state index in [2.05, 4.69) is 10.4 Å². The summed E-state index contributed by atoms with van der Waals surface area (Å²) in [6.07, 6.45) is 0. The van der Waals surface area contributed by atoms with Gasteiger partial charge in [0.1, 0.15) is 0 Å². The molecule has 1 heterocycles. The van der Waals surface area contributed by atoms with Crippen molar-refractivity contribution in [1.29, 1.82) is 0 Å². The first-order valence-corrected chi connectivity index (χ1v) is 4.94. The fourth-order valence-electron chi connectivity index (χ4n) is 1.30. The van der Waals surface area contributed by atoms with Gasteiger partial charge in [-0.15, -0.1) is 0 Å². The van der Waals surface area contributed by atoms with E-state index in [0.29, 0.717) is 6.54 Å². The molecule has 2 N–H and O–H groups in total. The Morgan fingerprint density at radius 1 is 1.23 bits per heavy atom. The van der Waals surface area contributed by atoms with Gasteiger partial charge in [0.25, 0.3) is 0 Å². The van der Waals surface area contributed by atoms with Gasteiger partial charge in [-0.3, -0.25) is 0 Å². The maximum atomic E-state index is 5.63. The van der Waals surface area contributed by atoms with Gasteiger partial charge in [0.2, 0.25) is 0 Å². The number of nitrogens with two attached hydrogens (primary N) is 1. The van der Waals surface area contributed by atoms with Crippen molar-refractivity contribution in [1.82, 2.24) is 4.37 Å². The Morgan fingerprint density at radius 3 is 2.77 bits per heavy atom. The van der Waals surface area contributed by atoms with Gasteiger partial charge >= 0.3 is 0 Å². The summed E-state index contributed by atoms with van der Waals surface area (Å²) in [5.74, 6) is 0. The summed E-state index contributed by atoms with van der Waals surface area (Å²) in [4.78, 5) is 0. The number of aromatic nitrogens is 1. The molecule has 0 spiro atoms. The molecule has 0 fully saturated rings. The Hall–Kier alpha value is -1.19. The lowest BCUT2D eigenvalue weighted by Crippen LogP contribution is -1.98. The molecule has 1 aromatic heterocycles. The summed E-state index contributed by atoms with van der Waals surface area (Å²) in [6.45, 7) is 0.563. The highest BCUT2D eigenvalue weighted by Crippen LogP contribution is 2.22. The van der Waals surface area contributed by atoms with Gasteiger partial charge in [-0.2, -0.15) is 4.37 Å². The SMILES string of the molecule is NCc1ccccc1-c1ccsn1. The molecule has 2 aromatic rings. The van der Waals surface area contributed by atoms with Gasteiger partial charge in [-0.25, -0.2) is 0 Å². The summed E-state index contributed by atoms with van der Waals surface area (Å²) in [5, 5.41) is 1.97. The van der Waals surface area contributed by atoms with Crippen molar-refractivity contribution in [3.05, 3.63) is 41.3 Å². The van der Waals surface area contributed by atoms with Crippen LogP contribution in [0, 0.1) is 0 Å². The zero-order valence-corrected chi connectivity index (χ0v) is 7.92. The molecule has 13 heavy (non-hydrogen) atoms. The lowest BCUT2D eigenvalue weighted by Gasteiger charge is -2.03. The number of benzene rings is 1. The number of nitrogens with zero attached hydrogens (tertiary/aromatic N) is 1. The Labute approximate surface area is 81.2 Å². The van der Waals surface area contributed by atoms with E-state index in [9.17, 15) is 0 Å². The van der Waals surface area contributed by atoms with E-state index >= 15 is 0 Å². The Balaban J connectivity index is 2.51. The van der Waals surface area contributed by atoms with Crippen molar-refractivity contribution in [3.8, 4) is 11.3 Å². The highest BCUT2D eigenvalue weighted by atomic mass is 32.1. The fourth-order valence-corrected chi connectivity index (χ4v) is 1.82. The summed E-state index contributed by atoms with van der Waals surface area (Å²) in [7, 11) is 0. The second-order valence-electron chi connectivity index (χ2n) is 2.75. The van der Waals surface area contributed by atoms with Crippen LogP contribution in [0.3, 0.4) is 0 Å². The van der Waals surface area contributed by atoms with E-state index in [1.165, 1.54) is 11.5 Å². The maximum absolute atomic E-state index is 5.63. The quantitative estimate of drug-likeness (QED) is 0.789. The monoisotopic (exact) mass is 190 g/mol. The van der Waals surface area contributed by atoms with Crippen molar-refractivity contribution < 1.29 is 0 Å². The van der Waals surface area contributed by atoms with Crippen molar-refractivity contribution in [2.75, 3.05) is 0 Å². The predicted molar refractivity (Wildman–Crippen MR) is 55.4 cm³/mol. The van der Waals surface area contributed by atoms with Crippen molar-refractivity contribution >= 4 is 11.5 Å². The summed E-state index contributed by atoms with van der Waals surface area (Å²) in [6, 6.07) is 10.1. The van der Waals surface area contributed by atoms with E-state index in [1.807, 2.05) is 29.6 Å². The van der Waals surface area contributed by atoms with Gasteiger partial charge in [0, 0.05) is 17.5 Å². The minimum Gasteiger partial charge on any atom is -0.326 e. The number of rotatable bonds is 2. The lowest BCUT2D eigenvalue weighted by atomic mass is 10.1. The highest BCUT2D eigenvalue weighted by Gasteiger charge is 2.03. The van der Waals surface area contributed by atoms with Crippen LogP contribution in [0.15, 0.2) is 35.7 Å². The van der Waals surface area contributed by atoms with E-state index < -0.39 is 0 Å². The predicted octanol–water partition coefficient (Wildman–Crippen LogP) is 2.27. The number of hydrogen-bond donors (Lipinski definition) is 1. The summed E-state index contributed by atoms with van der Waals surface area (Å²) in [5.41, 5.74) is 8.94. The molecular weight excluding hydrogens is 180 g/mol. The van der Waals surface area contributed by atoms with E-state index in [1.54, 1.807) is 0 Å². The molecule has 0 radical (unpaired) electrons. The van der Waals surface area contributed by atoms with Crippen LogP contribution < -0.4 is 5.73 Å². The zero-order chi connectivity index (χ0) is 9.10. The molecule has 0 aliphatic rings. The van der Waals surface area contributed by atoms with Crippen LogP contribution in [0.2, 0.25) is 0 Å². The lowest BCUT2D eigenvalue weighted by molar-refractivity contribution is 1.07. The van der Waals surface area contributed by atoms with Gasteiger partial charge in [0.05, 0.1) is 5.69 Å². The molecule has 0 bridgehead atoms. The minimum atomic E-state index is 0.563. The Bertz CT molecular complexity index is 382. The maximum Gasteiger partial charge on any atom is 0.0843 e. The third-order valence-electron chi connectivity index (χ3n) is 1.95. The molecule has 0 aliphatic heterocycles. The standard InChI is InChI=1S/C10H10N2S/c11-7-8-3-1-2-4-9(8)10-5-6-13-12-10/h1-6H,7,11H2. The van der Waals surface area contributed by atoms with E-state index in [4.69, 9.17) is 5.73 Å². The zero-order valence-electron chi connectivity index (χ0n) is 7.10. The fraction of sp³-hybridized carbons (Fsp3) is 0.100. The van der Waals surface area contributed by atoms with E-state index in [0.717, 1.165) is 16.8 Å². The third-order valence-corrected chi connectivity index (χ3v) is 2.51. The highest BCUT2D eigenvalue weighted by molar-refractivity contribution is 7.03. The molecule has 0 saturated carbocycles. The molecule has 66 valence electrons. The van der Waals surface area contributed by atoms with Gasteiger partial charge in [-0.1, -0.05) is 24.3 Å². The average Bonchev–Trinajstić information content (AvgIpc) is 2.70. The molecule has 2 nitrogen and oxygen atoms in total. The minimum absolute atomic E-state index is 0.563. The van der Waals surface area contributed by atoms with Gasteiger partial charge < -0.3 is 5.73 Å². The van der Waals surface area contributed by atoms with Gasteiger partial charge in [-0.05, 0) is 23.2 Å². The largest absolute Gasteiger partial charge is 0.326 e. The summed E-state index contributed by atoms with van der Waals surface area (Å²) >= 11 is 1.46. The molecule has 2 rings (SSSR count). The summed E-state index contributed by atoms with van der Waals surface area (Å²) < 4.78 is 4.28. The first-order valence-electron chi connectivity index (χ1n) is 4.10. The molecular formula is C10H10N2S. The molecule has 0 aliphatic carbocycles. The van der Waals surface area contributed by atoms with Crippen LogP contribution in [0.1, 0.15) is 5.56 Å². The van der Waals surface area contributed by atoms with E-state index in [-0.39, 0.29) is 0 Å². The van der Waals surface area contributed by atoms with Crippen molar-refractivity contribution in [2.45, 2.75) is 6.54 Å². The van der Waals surface area contributed by atoms with Crippen molar-refractivity contribution in [3.63, 3.8) is 0 Å². The van der Waals surface area contributed by atoms with Crippen LogP contribution in [0.25, 0.3) is 11.3 Å². The van der Waals surface area contributed by atoms with Gasteiger partial charge in [0.15, 0.2) is 0 Å². The molecule has 0 saturated heterocycles. The molecule has 0 amide bonds. The molecule has 0 atom stereocenters. The Morgan fingerprint density at radius 2 is 2.08 bits per heavy atom. The van der Waals surface area contributed by atoms with Crippen LogP contribution in [0.5, 0.6) is 0 Å². The normalized spacial score (nSPS) is 10.2. The smallest absolute Gasteiger partial charge is 0.0843 e. The first-order chi connectivity index (χ1) is 6.42. The third kappa shape index (κ3) is 1.61. The van der Waals surface area contributed by atoms with Crippen LogP contribution in [0.4, 0.5) is 0 Å². The van der Waals surface area contributed by atoms with Crippen LogP contribution in [-0.4, -0.2) is 4.37 Å². The van der Waals surface area contributed by atoms with Crippen LogP contribution >= 0.6 is 11.5 Å². The second-order valence-corrected chi connectivity index (χ2v) is 3.41. The molecule has 0 unspecified atom stereocenters. The Kier molecular flexibility index (Phi) is 2.38. The number of hydrogen-bond acceptors (Lipinski definition) is 3. The van der Waals surface area contributed by atoms with Crippen LogP contribution in [-0.2, 0) is 6.54 Å².